The topological polar surface area (TPSA) is 43.1 Å². The number of carbonyl (C=O) groups is 1. The summed E-state index contributed by atoms with van der Waals surface area (Å²) in [5.74, 6) is 0.232. The second-order valence-corrected chi connectivity index (χ2v) is 6.43. The maximum atomic E-state index is 11.9. The monoisotopic (exact) mass is 247 g/mol. The van der Waals surface area contributed by atoms with Gasteiger partial charge in [-0.05, 0) is 24.3 Å². The van der Waals surface area contributed by atoms with Crippen molar-refractivity contribution in [2.75, 3.05) is 0 Å². The number of aryl methyl sites for hydroxylation is 1. The summed E-state index contributed by atoms with van der Waals surface area (Å²) in [6.45, 7) is 8.50. The SMILES string of the molecule is Cc1ccc(CC(=O)CC(N)CC(C)(C)C)cc1. The summed E-state index contributed by atoms with van der Waals surface area (Å²) in [7, 11) is 0. The fraction of sp³-hybridized carbons (Fsp3) is 0.562. The fourth-order valence-electron chi connectivity index (χ4n) is 2.16. The molecule has 18 heavy (non-hydrogen) atoms. The lowest BCUT2D eigenvalue weighted by molar-refractivity contribution is -0.118. The van der Waals surface area contributed by atoms with Crippen molar-refractivity contribution < 1.29 is 4.79 Å². The Balaban J connectivity index is 2.44. The summed E-state index contributed by atoms with van der Waals surface area (Å²) in [5.41, 5.74) is 8.50. The number of ketones is 1. The van der Waals surface area contributed by atoms with Crippen LogP contribution in [0.2, 0.25) is 0 Å². The van der Waals surface area contributed by atoms with Crippen molar-refractivity contribution in [1.82, 2.24) is 0 Å². The smallest absolute Gasteiger partial charge is 0.138 e. The Morgan fingerprint density at radius 1 is 1.22 bits per heavy atom. The van der Waals surface area contributed by atoms with Crippen LogP contribution in [0.5, 0.6) is 0 Å². The maximum absolute atomic E-state index is 11.9. The van der Waals surface area contributed by atoms with Crippen molar-refractivity contribution in [3.8, 4) is 0 Å². The van der Waals surface area contributed by atoms with Gasteiger partial charge in [0, 0.05) is 18.9 Å². The highest BCUT2D eigenvalue weighted by molar-refractivity contribution is 5.81. The molecule has 0 heterocycles. The zero-order chi connectivity index (χ0) is 13.8. The molecule has 1 rings (SSSR count). The van der Waals surface area contributed by atoms with Gasteiger partial charge in [-0.2, -0.15) is 0 Å². The van der Waals surface area contributed by atoms with E-state index >= 15 is 0 Å². The van der Waals surface area contributed by atoms with Gasteiger partial charge in [0.2, 0.25) is 0 Å². The molecule has 2 heteroatoms. The molecule has 0 aliphatic carbocycles. The molecule has 0 amide bonds. The van der Waals surface area contributed by atoms with E-state index in [-0.39, 0.29) is 17.2 Å². The first-order chi connectivity index (χ1) is 8.26. The van der Waals surface area contributed by atoms with E-state index in [4.69, 9.17) is 5.73 Å². The van der Waals surface area contributed by atoms with Crippen molar-refractivity contribution in [2.24, 2.45) is 11.1 Å². The fourth-order valence-corrected chi connectivity index (χ4v) is 2.16. The van der Waals surface area contributed by atoms with Gasteiger partial charge in [-0.25, -0.2) is 0 Å². The predicted molar refractivity (Wildman–Crippen MR) is 76.6 cm³/mol. The van der Waals surface area contributed by atoms with E-state index in [1.165, 1.54) is 5.56 Å². The second-order valence-electron chi connectivity index (χ2n) is 6.43. The van der Waals surface area contributed by atoms with Crippen molar-refractivity contribution in [1.29, 1.82) is 0 Å². The van der Waals surface area contributed by atoms with Crippen LogP contribution in [0.1, 0.15) is 44.7 Å². The van der Waals surface area contributed by atoms with Crippen LogP contribution in [0.3, 0.4) is 0 Å². The molecule has 0 radical (unpaired) electrons. The molecule has 0 aromatic heterocycles. The molecule has 100 valence electrons. The normalized spacial score (nSPS) is 13.4. The molecule has 0 fully saturated rings. The molecule has 0 bridgehead atoms. The molecule has 1 aromatic rings. The molecule has 2 N–H and O–H groups in total. The second kappa shape index (κ2) is 6.14. The number of hydrogen-bond donors (Lipinski definition) is 1. The highest BCUT2D eigenvalue weighted by Crippen LogP contribution is 2.21. The van der Waals surface area contributed by atoms with Crippen molar-refractivity contribution in [3.63, 3.8) is 0 Å². The first-order valence-corrected chi connectivity index (χ1v) is 6.59. The minimum Gasteiger partial charge on any atom is -0.327 e. The molecule has 2 nitrogen and oxygen atoms in total. The van der Waals surface area contributed by atoms with Crippen molar-refractivity contribution in [2.45, 2.75) is 53.0 Å². The van der Waals surface area contributed by atoms with Gasteiger partial charge in [-0.3, -0.25) is 4.79 Å². The summed E-state index contributed by atoms with van der Waals surface area (Å²) in [4.78, 5) is 11.9. The lowest BCUT2D eigenvalue weighted by Gasteiger charge is -2.22. The number of rotatable bonds is 5. The molecule has 1 atom stereocenters. The van der Waals surface area contributed by atoms with Crippen LogP contribution in [0.15, 0.2) is 24.3 Å². The summed E-state index contributed by atoms with van der Waals surface area (Å²) in [5, 5.41) is 0. The van der Waals surface area contributed by atoms with E-state index in [2.05, 4.69) is 20.8 Å². The Morgan fingerprint density at radius 3 is 2.28 bits per heavy atom. The van der Waals surface area contributed by atoms with Gasteiger partial charge in [-0.1, -0.05) is 50.6 Å². The van der Waals surface area contributed by atoms with Gasteiger partial charge < -0.3 is 5.73 Å². The Kier molecular flexibility index (Phi) is 5.09. The number of benzene rings is 1. The molecule has 1 unspecified atom stereocenters. The van der Waals surface area contributed by atoms with Crippen LogP contribution >= 0.6 is 0 Å². The zero-order valence-corrected chi connectivity index (χ0v) is 12.0. The Morgan fingerprint density at radius 2 is 1.78 bits per heavy atom. The molecule has 0 saturated carbocycles. The average Bonchev–Trinajstić information content (AvgIpc) is 2.18. The van der Waals surface area contributed by atoms with Crippen LogP contribution in [0.25, 0.3) is 0 Å². The highest BCUT2D eigenvalue weighted by Gasteiger charge is 2.18. The number of Topliss-reactive ketones (excluding diaryl/α,β-unsaturated/α-hetero) is 1. The molecule has 1 aromatic carbocycles. The average molecular weight is 247 g/mol. The lowest BCUT2D eigenvalue weighted by Crippen LogP contribution is -2.29. The first kappa shape index (κ1) is 14.9. The van der Waals surface area contributed by atoms with E-state index in [9.17, 15) is 4.79 Å². The molecular weight excluding hydrogens is 222 g/mol. The van der Waals surface area contributed by atoms with Gasteiger partial charge in [0.25, 0.3) is 0 Å². The van der Waals surface area contributed by atoms with Gasteiger partial charge in [0.05, 0.1) is 0 Å². The first-order valence-electron chi connectivity index (χ1n) is 6.59. The maximum Gasteiger partial charge on any atom is 0.138 e. The summed E-state index contributed by atoms with van der Waals surface area (Å²) in [6, 6.07) is 8.09. The predicted octanol–water partition coefficient (Wildman–Crippen LogP) is 3.26. The van der Waals surface area contributed by atoms with Gasteiger partial charge in [-0.15, -0.1) is 0 Å². The summed E-state index contributed by atoms with van der Waals surface area (Å²) < 4.78 is 0. The van der Waals surface area contributed by atoms with E-state index in [1.807, 2.05) is 31.2 Å². The summed E-state index contributed by atoms with van der Waals surface area (Å²) >= 11 is 0. The van der Waals surface area contributed by atoms with Crippen LogP contribution in [0.4, 0.5) is 0 Å². The zero-order valence-electron chi connectivity index (χ0n) is 12.0. The number of hydrogen-bond acceptors (Lipinski definition) is 2. The Bertz CT molecular complexity index is 387. The van der Waals surface area contributed by atoms with Crippen molar-refractivity contribution >= 4 is 5.78 Å². The largest absolute Gasteiger partial charge is 0.327 e. The number of nitrogens with two attached hydrogens (primary N) is 1. The third kappa shape index (κ3) is 5.97. The summed E-state index contributed by atoms with van der Waals surface area (Å²) in [6.07, 6.45) is 1.86. The van der Waals surface area contributed by atoms with E-state index in [0.29, 0.717) is 12.8 Å². The van der Waals surface area contributed by atoms with E-state index in [0.717, 1.165) is 12.0 Å². The molecular formula is C16H25NO. The van der Waals surface area contributed by atoms with Gasteiger partial charge in [0.15, 0.2) is 0 Å². The molecule has 0 aliphatic rings. The standard InChI is InChI=1S/C16H25NO/c1-12-5-7-13(8-6-12)9-15(18)10-14(17)11-16(2,3)4/h5-8,14H,9-11,17H2,1-4H3. The molecule has 0 aliphatic heterocycles. The Labute approximate surface area is 111 Å². The molecule has 0 saturated heterocycles. The quantitative estimate of drug-likeness (QED) is 0.868. The number of carbonyl (C=O) groups excluding carboxylic acids is 1. The third-order valence-corrected chi connectivity index (χ3v) is 2.89. The minimum absolute atomic E-state index is 0.0250. The van der Waals surface area contributed by atoms with Crippen LogP contribution < -0.4 is 5.73 Å². The third-order valence-electron chi connectivity index (χ3n) is 2.89. The van der Waals surface area contributed by atoms with Crippen LogP contribution in [0, 0.1) is 12.3 Å². The minimum atomic E-state index is -0.0250. The van der Waals surface area contributed by atoms with Crippen molar-refractivity contribution in [3.05, 3.63) is 35.4 Å². The van der Waals surface area contributed by atoms with Crippen LogP contribution in [-0.2, 0) is 11.2 Å². The lowest BCUT2D eigenvalue weighted by atomic mass is 9.86. The highest BCUT2D eigenvalue weighted by atomic mass is 16.1. The van der Waals surface area contributed by atoms with Gasteiger partial charge in [0.1, 0.15) is 5.78 Å². The van der Waals surface area contributed by atoms with Crippen LogP contribution in [-0.4, -0.2) is 11.8 Å². The molecule has 0 spiro atoms. The Hall–Kier alpha value is -1.15. The van der Waals surface area contributed by atoms with Gasteiger partial charge >= 0.3 is 0 Å². The van der Waals surface area contributed by atoms with E-state index < -0.39 is 0 Å². The van der Waals surface area contributed by atoms with E-state index in [1.54, 1.807) is 0 Å².